The Morgan fingerprint density at radius 1 is 1.26 bits per heavy atom. The SMILES string of the molecule is CCOC(=O)C(=O)c1cc(C(C)(C)CC)ccc1O. The molecule has 0 amide bonds. The second-order valence-electron chi connectivity index (χ2n) is 5.02. The van der Waals surface area contributed by atoms with Crippen molar-refractivity contribution < 1.29 is 19.4 Å². The predicted molar refractivity (Wildman–Crippen MR) is 72.4 cm³/mol. The Morgan fingerprint density at radius 3 is 2.42 bits per heavy atom. The lowest BCUT2D eigenvalue weighted by atomic mass is 9.81. The summed E-state index contributed by atoms with van der Waals surface area (Å²) in [6, 6.07) is 4.78. The number of ketones is 1. The minimum absolute atomic E-state index is 0.00234. The van der Waals surface area contributed by atoms with Gasteiger partial charge in [0.25, 0.3) is 5.78 Å². The number of hydrogen-bond donors (Lipinski definition) is 1. The van der Waals surface area contributed by atoms with Crippen LogP contribution < -0.4 is 0 Å². The lowest BCUT2D eigenvalue weighted by molar-refractivity contribution is -0.137. The maximum atomic E-state index is 11.9. The minimum atomic E-state index is -0.941. The Balaban J connectivity index is 3.18. The summed E-state index contributed by atoms with van der Waals surface area (Å²) in [7, 11) is 0. The smallest absolute Gasteiger partial charge is 0.379 e. The van der Waals surface area contributed by atoms with Gasteiger partial charge in [0.15, 0.2) is 0 Å². The van der Waals surface area contributed by atoms with Crippen molar-refractivity contribution in [2.45, 2.75) is 39.5 Å². The van der Waals surface area contributed by atoms with Crippen molar-refractivity contribution in [3.8, 4) is 5.75 Å². The lowest BCUT2D eigenvalue weighted by Gasteiger charge is -2.23. The molecule has 0 unspecified atom stereocenters. The average Bonchev–Trinajstić information content (AvgIpc) is 2.38. The first kappa shape index (κ1) is 15.2. The molecule has 104 valence electrons. The van der Waals surface area contributed by atoms with E-state index in [1.807, 2.05) is 20.8 Å². The van der Waals surface area contributed by atoms with Crippen LogP contribution in [0.3, 0.4) is 0 Å². The maximum absolute atomic E-state index is 11.9. The third-order valence-corrected chi connectivity index (χ3v) is 3.37. The first-order valence-corrected chi connectivity index (χ1v) is 6.38. The van der Waals surface area contributed by atoms with Crippen LogP contribution in [0.15, 0.2) is 18.2 Å². The summed E-state index contributed by atoms with van der Waals surface area (Å²) in [5.74, 6) is -1.95. The highest BCUT2D eigenvalue weighted by atomic mass is 16.5. The van der Waals surface area contributed by atoms with E-state index in [0.717, 1.165) is 12.0 Å². The quantitative estimate of drug-likeness (QED) is 0.504. The van der Waals surface area contributed by atoms with Gasteiger partial charge in [-0.3, -0.25) is 4.79 Å². The lowest BCUT2D eigenvalue weighted by Crippen LogP contribution is -2.20. The van der Waals surface area contributed by atoms with E-state index in [1.54, 1.807) is 19.1 Å². The third-order valence-electron chi connectivity index (χ3n) is 3.37. The summed E-state index contributed by atoms with van der Waals surface area (Å²) in [6.45, 7) is 7.88. The molecule has 0 saturated heterocycles. The second-order valence-corrected chi connectivity index (χ2v) is 5.02. The zero-order valence-electron chi connectivity index (χ0n) is 11.8. The van der Waals surface area contributed by atoms with Gasteiger partial charge in [0.1, 0.15) is 5.75 Å². The molecule has 0 atom stereocenters. The van der Waals surface area contributed by atoms with E-state index in [0.29, 0.717) is 0 Å². The number of phenolic OH excluding ortho intramolecular Hbond substituents is 1. The van der Waals surface area contributed by atoms with Gasteiger partial charge in [-0.1, -0.05) is 26.8 Å². The Morgan fingerprint density at radius 2 is 1.89 bits per heavy atom. The molecule has 0 spiro atoms. The van der Waals surface area contributed by atoms with E-state index < -0.39 is 11.8 Å². The maximum Gasteiger partial charge on any atom is 0.379 e. The van der Waals surface area contributed by atoms with E-state index in [-0.39, 0.29) is 23.3 Å². The number of benzene rings is 1. The van der Waals surface area contributed by atoms with Crippen LogP contribution >= 0.6 is 0 Å². The molecule has 0 saturated carbocycles. The van der Waals surface area contributed by atoms with Crippen LogP contribution in [-0.2, 0) is 14.9 Å². The molecule has 4 nitrogen and oxygen atoms in total. The van der Waals surface area contributed by atoms with Gasteiger partial charge in [0.2, 0.25) is 0 Å². The Bertz CT molecular complexity index is 489. The fourth-order valence-electron chi connectivity index (χ4n) is 1.65. The van der Waals surface area contributed by atoms with E-state index >= 15 is 0 Å². The van der Waals surface area contributed by atoms with E-state index in [2.05, 4.69) is 4.74 Å². The molecule has 4 heteroatoms. The van der Waals surface area contributed by atoms with Gasteiger partial charge in [-0.2, -0.15) is 0 Å². The minimum Gasteiger partial charge on any atom is -0.507 e. The number of hydrogen-bond acceptors (Lipinski definition) is 4. The number of phenols is 1. The van der Waals surface area contributed by atoms with Gasteiger partial charge in [-0.05, 0) is 36.5 Å². The van der Waals surface area contributed by atoms with Gasteiger partial charge in [-0.15, -0.1) is 0 Å². The zero-order chi connectivity index (χ0) is 14.6. The molecular formula is C15H20O4. The first-order valence-electron chi connectivity index (χ1n) is 6.38. The summed E-state index contributed by atoms with van der Waals surface area (Å²) < 4.78 is 4.67. The van der Waals surface area contributed by atoms with Crippen molar-refractivity contribution >= 4 is 11.8 Å². The summed E-state index contributed by atoms with van der Waals surface area (Å²) >= 11 is 0. The van der Waals surface area contributed by atoms with Crippen molar-refractivity contribution in [3.63, 3.8) is 0 Å². The molecule has 1 N–H and O–H groups in total. The molecule has 1 aromatic rings. The van der Waals surface area contributed by atoms with Gasteiger partial charge in [0, 0.05) is 0 Å². The Labute approximate surface area is 113 Å². The molecule has 0 aliphatic rings. The number of carbonyl (C=O) groups excluding carboxylic acids is 2. The van der Waals surface area contributed by atoms with Crippen molar-refractivity contribution in [2.75, 3.05) is 6.61 Å². The van der Waals surface area contributed by atoms with E-state index in [9.17, 15) is 14.7 Å². The first-order chi connectivity index (χ1) is 8.83. The molecule has 0 aliphatic heterocycles. The molecular weight excluding hydrogens is 244 g/mol. The molecule has 0 aliphatic carbocycles. The predicted octanol–water partition coefficient (Wildman–Crippen LogP) is 2.83. The standard InChI is InChI=1S/C15H20O4/c1-5-15(3,4)10-7-8-12(16)11(9-10)13(17)14(18)19-6-2/h7-9,16H,5-6H2,1-4H3. The largest absolute Gasteiger partial charge is 0.507 e. The van der Waals surface area contributed by atoms with Gasteiger partial charge >= 0.3 is 5.97 Å². The van der Waals surface area contributed by atoms with Gasteiger partial charge < -0.3 is 9.84 Å². The topological polar surface area (TPSA) is 63.6 Å². The van der Waals surface area contributed by atoms with Crippen molar-refractivity contribution in [1.29, 1.82) is 0 Å². The summed E-state index contributed by atoms with van der Waals surface area (Å²) in [6.07, 6.45) is 0.880. The van der Waals surface area contributed by atoms with Crippen LogP contribution in [0.25, 0.3) is 0 Å². The van der Waals surface area contributed by atoms with Crippen LogP contribution in [0.2, 0.25) is 0 Å². The van der Waals surface area contributed by atoms with Crippen LogP contribution in [0.1, 0.15) is 50.0 Å². The van der Waals surface area contributed by atoms with Gasteiger partial charge in [0.05, 0.1) is 12.2 Å². The number of rotatable bonds is 5. The third kappa shape index (κ3) is 3.34. The average molecular weight is 264 g/mol. The molecule has 0 heterocycles. The summed E-state index contributed by atoms with van der Waals surface area (Å²) in [4.78, 5) is 23.3. The van der Waals surface area contributed by atoms with Crippen LogP contribution in [0, 0.1) is 0 Å². The highest BCUT2D eigenvalue weighted by Crippen LogP contribution is 2.30. The molecule has 0 radical (unpaired) electrons. The van der Waals surface area contributed by atoms with Crippen molar-refractivity contribution in [1.82, 2.24) is 0 Å². The number of ether oxygens (including phenoxy) is 1. The summed E-state index contributed by atoms with van der Waals surface area (Å²) in [5, 5.41) is 9.73. The summed E-state index contributed by atoms with van der Waals surface area (Å²) in [5.41, 5.74) is 0.773. The molecule has 0 aromatic heterocycles. The molecule has 19 heavy (non-hydrogen) atoms. The van der Waals surface area contributed by atoms with Crippen molar-refractivity contribution in [3.05, 3.63) is 29.3 Å². The van der Waals surface area contributed by atoms with E-state index in [1.165, 1.54) is 6.07 Å². The monoisotopic (exact) mass is 264 g/mol. The highest BCUT2D eigenvalue weighted by molar-refractivity contribution is 6.41. The van der Waals surface area contributed by atoms with Gasteiger partial charge in [-0.25, -0.2) is 4.79 Å². The molecule has 1 rings (SSSR count). The van der Waals surface area contributed by atoms with Crippen molar-refractivity contribution in [2.24, 2.45) is 0 Å². The van der Waals surface area contributed by atoms with Crippen LogP contribution in [0.4, 0.5) is 0 Å². The Kier molecular flexibility index (Phi) is 4.70. The van der Waals surface area contributed by atoms with E-state index in [4.69, 9.17) is 0 Å². The number of Topliss-reactive ketones (excluding diaryl/α,β-unsaturated/α-hetero) is 1. The molecule has 0 fully saturated rings. The van der Waals surface area contributed by atoms with Crippen LogP contribution in [0.5, 0.6) is 5.75 Å². The number of aromatic hydroxyl groups is 1. The second kappa shape index (κ2) is 5.87. The molecule has 1 aromatic carbocycles. The van der Waals surface area contributed by atoms with Crippen LogP contribution in [-0.4, -0.2) is 23.5 Å². The number of esters is 1. The fourth-order valence-corrected chi connectivity index (χ4v) is 1.65. The highest BCUT2D eigenvalue weighted by Gasteiger charge is 2.25. The number of carbonyl (C=O) groups is 2. The molecule has 0 bridgehead atoms. The zero-order valence-corrected chi connectivity index (χ0v) is 11.8. The fraction of sp³-hybridized carbons (Fsp3) is 0.467. The normalized spacial score (nSPS) is 11.2. The Hall–Kier alpha value is -1.84.